The first-order valence-corrected chi connectivity index (χ1v) is 7.19. The highest BCUT2D eigenvalue weighted by atomic mass is 35.5. The molecule has 0 amide bonds. The van der Waals surface area contributed by atoms with Crippen LogP contribution in [0, 0.1) is 0 Å². The zero-order valence-corrected chi connectivity index (χ0v) is 11.8. The van der Waals surface area contributed by atoms with E-state index in [0.29, 0.717) is 0 Å². The lowest BCUT2D eigenvalue weighted by Crippen LogP contribution is -2.10. The van der Waals surface area contributed by atoms with Gasteiger partial charge in [-0.1, -0.05) is 30.7 Å². The van der Waals surface area contributed by atoms with E-state index in [1.807, 2.05) is 35.7 Å². The number of ether oxygens (including phenoxy) is 1. The Morgan fingerprint density at radius 1 is 1.28 bits per heavy atom. The highest BCUT2D eigenvalue weighted by molar-refractivity contribution is 7.10. The second kappa shape index (κ2) is 6.23. The molecule has 0 bridgehead atoms. The Balaban J connectivity index is 2.12. The molecule has 0 aliphatic heterocycles. The van der Waals surface area contributed by atoms with Crippen molar-refractivity contribution < 1.29 is 4.74 Å². The quantitative estimate of drug-likeness (QED) is 0.890. The smallest absolute Gasteiger partial charge is 0.119 e. The summed E-state index contributed by atoms with van der Waals surface area (Å²) in [5, 5.41) is 2.69. The molecule has 1 aromatic heterocycles. The van der Waals surface area contributed by atoms with Gasteiger partial charge in [0.1, 0.15) is 5.75 Å². The number of thiophene rings is 1. The van der Waals surface area contributed by atoms with E-state index in [1.54, 1.807) is 11.3 Å². The van der Waals surface area contributed by atoms with Gasteiger partial charge in [0.25, 0.3) is 0 Å². The van der Waals surface area contributed by atoms with Crippen molar-refractivity contribution in [2.24, 2.45) is 5.73 Å². The topological polar surface area (TPSA) is 35.2 Å². The van der Waals surface area contributed by atoms with Crippen molar-refractivity contribution in [3.63, 3.8) is 0 Å². The fraction of sp³-hybridized carbons (Fsp3) is 0.286. The maximum absolute atomic E-state index is 6.20. The molecule has 0 saturated heterocycles. The Labute approximate surface area is 116 Å². The molecular formula is C14H16ClNOS. The Kier molecular flexibility index (Phi) is 4.64. The van der Waals surface area contributed by atoms with Crippen LogP contribution >= 0.6 is 22.9 Å². The van der Waals surface area contributed by atoms with Gasteiger partial charge >= 0.3 is 0 Å². The van der Waals surface area contributed by atoms with Crippen LogP contribution in [0.2, 0.25) is 5.02 Å². The summed E-state index contributed by atoms with van der Waals surface area (Å²) < 4.78 is 5.54. The average Bonchev–Trinajstić information content (AvgIpc) is 2.82. The second-order valence-electron chi connectivity index (χ2n) is 4.03. The van der Waals surface area contributed by atoms with Gasteiger partial charge in [-0.3, -0.25) is 0 Å². The van der Waals surface area contributed by atoms with Gasteiger partial charge in [-0.05, 0) is 35.6 Å². The first kappa shape index (κ1) is 13.4. The molecule has 2 N–H and O–H groups in total. The van der Waals surface area contributed by atoms with Crippen molar-refractivity contribution >= 4 is 22.9 Å². The lowest BCUT2D eigenvalue weighted by Gasteiger charge is -2.12. The average molecular weight is 282 g/mol. The van der Waals surface area contributed by atoms with Crippen LogP contribution in [-0.2, 0) is 0 Å². The predicted octanol–water partition coefficient (Wildman–Crippen LogP) is 4.24. The van der Waals surface area contributed by atoms with Gasteiger partial charge in [-0.15, -0.1) is 11.3 Å². The third-order valence-corrected chi connectivity index (χ3v) is 4.08. The van der Waals surface area contributed by atoms with Crippen LogP contribution < -0.4 is 10.5 Å². The van der Waals surface area contributed by atoms with Gasteiger partial charge in [-0.2, -0.15) is 0 Å². The van der Waals surface area contributed by atoms with Crippen LogP contribution in [0.4, 0.5) is 0 Å². The van der Waals surface area contributed by atoms with E-state index in [0.717, 1.165) is 34.2 Å². The molecule has 4 heteroatoms. The van der Waals surface area contributed by atoms with Crippen molar-refractivity contribution in [2.75, 3.05) is 6.61 Å². The summed E-state index contributed by atoms with van der Waals surface area (Å²) in [6.45, 7) is 2.82. The molecule has 1 heterocycles. The van der Waals surface area contributed by atoms with E-state index < -0.39 is 0 Å². The Bertz CT molecular complexity index is 495. The number of hydrogen-bond donors (Lipinski definition) is 1. The van der Waals surface area contributed by atoms with Crippen LogP contribution in [0.3, 0.4) is 0 Å². The molecule has 1 unspecified atom stereocenters. The van der Waals surface area contributed by atoms with Crippen LogP contribution in [0.15, 0.2) is 35.7 Å². The van der Waals surface area contributed by atoms with Crippen molar-refractivity contribution in [1.82, 2.24) is 0 Å². The van der Waals surface area contributed by atoms with Crippen molar-refractivity contribution in [2.45, 2.75) is 19.4 Å². The largest absolute Gasteiger partial charge is 0.494 e. The number of benzene rings is 1. The first-order valence-electron chi connectivity index (χ1n) is 5.93. The lowest BCUT2D eigenvalue weighted by molar-refractivity contribution is 0.317. The number of hydrogen-bond acceptors (Lipinski definition) is 3. The fourth-order valence-corrected chi connectivity index (χ4v) is 2.87. The highest BCUT2D eigenvalue weighted by Crippen LogP contribution is 2.31. The molecular weight excluding hydrogens is 266 g/mol. The van der Waals surface area contributed by atoms with Crippen LogP contribution in [0.1, 0.15) is 29.8 Å². The van der Waals surface area contributed by atoms with Crippen molar-refractivity contribution in [1.29, 1.82) is 0 Å². The Hall–Kier alpha value is -1.03. The second-order valence-corrected chi connectivity index (χ2v) is 5.38. The standard InChI is InChI=1S/C14H16ClNOS/c1-2-8-17-11-5-3-10(4-6-11)13(16)14-12(15)7-9-18-14/h3-7,9,13H,2,8,16H2,1H3. The summed E-state index contributed by atoms with van der Waals surface area (Å²) in [4.78, 5) is 0.999. The zero-order chi connectivity index (χ0) is 13.0. The van der Waals surface area contributed by atoms with E-state index in [4.69, 9.17) is 22.1 Å². The minimum atomic E-state index is -0.169. The molecule has 1 atom stereocenters. The van der Waals surface area contributed by atoms with Gasteiger partial charge in [0.05, 0.1) is 17.7 Å². The minimum Gasteiger partial charge on any atom is -0.494 e. The minimum absolute atomic E-state index is 0.169. The van der Waals surface area contributed by atoms with Crippen molar-refractivity contribution in [3.05, 3.63) is 51.2 Å². The summed E-state index contributed by atoms with van der Waals surface area (Å²) in [5.74, 6) is 0.880. The third-order valence-electron chi connectivity index (χ3n) is 2.64. The van der Waals surface area contributed by atoms with Gasteiger partial charge in [0, 0.05) is 4.88 Å². The summed E-state index contributed by atoms with van der Waals surface area (Å²) in [5.41, 5.74) is 7.24. The summed E-state index contributed by atoms with van der Waals surface area (Å²) in [6.07, 6.45) is 1.01. The van der Waals surface area contributed by atoms with E-state index in [2.05, 4.69) is 6.92 Å². The van der Waals surface area contributed by atoms with Crippen LogP contribution in [-0.4, -0.2) is 6.61 Å². The van der Waals surface area contributed by atoms with Crippen molar-refractivity contribution in [3.8, 4) is 5.75 Å². The molecule has 18 heavy (non-hydrogen) atoms. The molecule has 0 spiro atoms. The molecule has 0 fully saturated rings. The first-order chi connectivity index (χ1) is 8.72. The van der Waals surface area contributed by atoms with Crippen LogP contribution in [0.25, 0.3) is 0 Å². The summed E-state index contributed by atoms with van der Waals surface area (Å²) in [6, 6.07) is 9.59. The molecule has 0 saturated carbocycles. The third kappa shape index (κ3) is 3.05. The molecule has 0 aliphatic carbocycles. The molecule has 1 aromatic carbocycles. The number of nitrogens with two attached hydrogens (primary N) is 1. The molecule has 0 aliphatic rings. The van der Waals surface area contributed by atoms with E-state index in [9.17, 15) is 0 Å². The Morgan fingerprint density at radius 2 is 2.00 bits per heavy atom. The van der Waals surface area contributed by atoms with Gasteiger partial charge in [0.2, 0.25) is 0 Å². The predicted molar refractivity (Wildman–Crippen MR) is 77.6 cm³/mol. The fourth-order valence-electron chi connectivity index (χ4n) is 1.67. The maximum atomic E-state index is 6.20. The summed E-state index contributed by atoms with van der Waals surface area (Å²) >= 11 is 7.67. The van der Waals surface area contributed by atoms with Gasteiger partial charge < -0.3 is 10.5 Å². The Morgan fingerprint density at radius 3 is 2.56 bits per heavy atom. The summed E-state index contributed by atoms with van der Waals surface area (Å²) in [7, 11) is 0. The monoisotopic (exact) mass is 281 g/mol. The van der Waals surface area contributed by atoms with E-state index >= 15 is 0 Å². The number of halogens is 1. The number of rotatable bonds is 5. The molecule has 2 aromatic rings. The van der Waals surface area contributed by atoms with Gasteiger partial charge in [0.15, 0.2) is 0 Å². The maximum Gasteiger partial charge on any atom is 0.119 e. The van der Waals surface area contributed by atoms with E-state index in [1.165, 1.54) is 0 Å². The lowest BCUT2D eigenvalue weighted by atomic mass is 10.1. The van der Waals surface area contributed by atoms with E-state index in [-0.39, 0.29) is 6.04 Å². The van der Waals surface area contributed by atoms with Crippen LogP contribution in [0.5, 0.6) is 5.75 Å². The van der Waals surface area contributed by atoms with Gasteiger partial charge in [-0.25, -0.2) is 0 Å². The zero-order valence-electron chi connectivity index (χ0n) is 10.2. The molecule has 2 nitrogen and oxygen atoms in total. The highest BCUT2D eigenvalue weighted by Gasteiger charge is 2.13. The normalized spacial score (nSPS) is 12.4. The molecule has 0 radical (unpaired) electrons. The molecule has 96 valence electrons. The SMILES string of the molecule is CCCOc1ccc(C(N)c2sccc2Cl)cc1. The molecule has 2 rings (SSSR count).